The topological polar surface area (TPSA) is 55.4 Å². The van der Waals surface area contributed by atoms with E-state index in [0.29, 0.717) is 5.56 Å². The van der Waals surface area contributed by atoms with Crippen LogP contribution in [-0.2, 0) is 16.0 Å². The largest absolute Gasteiger partial charge is 0.463 e. The second kappa shape index (κ2) is 5.78. The van der Waals surface area contributed by atoms with Gasteiger partial charge >= 0.3 is 5.97 Å². The molecule has 18 heavy (non-hydrogen) atoms. The lowest BCUT2D eigenvalue weighted by Crippen LogP contribution is -2.38. The summed E-state index contributed by atoms with van der Waals surface area (Å²) in [4.78, 5) is 22.6. The van der Waals surface area contributed by atoms with Gasteiger partial charge in [0.1, 0.15) is 0 Å². The Kier molecular flexibility index (Phi) is 4.62. The third-order valence-corrected chi connectivity index (χ3v) is 2.91. The zero-order valence-electron chi connectivity index (χ0n) is 11.2. The maximum absolute atomic E-state index is 11.5. The summed E-state index contributed by atoms with van der Waals surface area (Å²) >= 11 is 0. The monoisotopic (exact) mass is 249 g/mol. The van der Waals surface area contributed by atoms with Crippen LogP contribution in [0.3, 0.4) is 0 Å². The summed E-state index contributed by atoms with van der Waals surface area (Å²) in [7, 11) is 3.11. The second-order valence-corrected chi connectivity index (χ2v) is 4.83. The lowest BCUT2D eigenvalue weighted by molar-refractivity contribution is -0.135. The van der Waals surface area contributed by atoms with Crippen molar-refractivity contribution in [3.05, 3.63) is 35.4 Å². The van der Waals surface area contributed by atoms with Crippen LogP contribution in [0.25, 0.3) is 0 Å². The number of carbonyl (C=O) groups is 2. The predicted molar refractivity (Wildman–Crippen MR) is 69.6 cm³/mol. The van der Waals surface area contributed by atoms with Gasteiger partial charge in [-0.3, -0.25) is 4.79 Å². The van der Waals surface area contributed by atoms with Gasteiger partial charge < -0.3 is 10.1 Å². The SMILES string of the molecule is CNC(C)(C)Cc1ccc(C(=O)C(=O)OC)cc1. The molecular formula is C14H19NO3. The number of hydrogen-bond acceptors (Lipinski definition) is 4. The summed E-state index contributed by atoms with van der Waals surface area (Å²) in [5, 5.41) is 3.21. The first-order valence-corrected chi connectivity index (χ1v) is 5.80. The minimum Gasteiger partial charge on any atom is -0.463 e. The van der Waals surface area contributed by atoms with Crippen LogP contribution in [0.5, 0.6) is 0 Å². The standard InChI is InChI=1S/C14H19NO3/c1-14(2,15-3)9-10-5-7-11(8-6-10)12(16)13(17)18-4/h5-8,15H,9H2,1-4H3. The molecule has 0 aliphatic carbocycles. The average Bonchev–Trinajstić information content (AvgIpc) is 2.37. The molecule has 0 radical (unpaired) electrons. The van der Waals surface area contributed by atoms with E-state index < -0.39 is 11.8 Å². The van der Waals surface area contributed by atoms with Crippen molar-refractivity contribution in [1.82, 2.24) is 5.32 Å². The van der Waals surface area contributed by atoms with Crippen molar-refractivity contribution < 1.29 is 14.3 Å². The summed E-state index contributed by atoms with van der Waals surface area (Å²) < 4.78 is 4.40. The fourth-order valence-electron chi connectivity index (χ4n) is 1.58. The van der Waals surface area contributed by atoms with E-state index in [-0.39, 0.29) is 5.54 Å². The normalized spacial score (nSPS) is 11.1. The van der Waals surface area contributed by atoms with Crippen molar-refractivity contribution in [2.45, 2.75) is 25.8 Å². The molecule has 0 aliphatic rings. The van der Waals surface area contributed by atoms with Gasteiger partial charge in [0, 0.05) is 11.1 Å². The summed E-state index contributed by atoms with van der Waals surface area (Å²) in [6.07, 6.45) is 0.843. The first kappa shape index (κ1) is 14.4. The van der Waals surface area contributed by atoms with Crippen LogP contribution >= 0.6 is 0 Å². The fraction of sp³-hybridized carbons (Fsp3) is 0.429. The molecule has 0 bridgehead atoms. The lowest BCUT2D eigenvalue weighted by atomic mass is 9.94. The Morgan fingerprint density at radius 1 is 1.22 bits per heavy atom. The number of Topliss-reactive ketones (excluding diaryl/α,β-unsaturated/α-hetero) is 1. The first-order chi connectivity index (χ1) is 8.39. The summed E-state index contributed by atoms with van der Waals surface area (Å²) in [5.41, 5.74) is 1.46. The number of methoxy groups -OCH3 is 1. The number of ether oxygens (including phenoxy) is 1. The number of hydrogen-bond donors (Lipinski definition) is 1. The van der Waals surface area contributed by atoms with Gasteiger partial charge in [-0.2, -0.15) is 0 Å². The Bertz CT molecular complexity index is 435. The van der Waals surface area contributed by atoms with Crippen molar-refractivity contribution in [3.8, 4) is 0 Å². The Labute approximate surface area is 107 Å². The van der Waals surface area contributed by atoms with Crippen LogP contribution in [0.15, 0.2) is 24.3 Å². The molecule has 1 rings (SSSR count). The molecule has 0 saturated heterocycles. The predicted octanol–water partition coefficient (Wildman–Crippen LogP) is 1.58. The van der Waals surface area contributed by atoms with Gasteiger partial charge in [-0.15, -0.1) is 0 Å². The van der Waals surface area contributed by atoms with Crippen molar-refractivity contribution in [3.63, 3.8) is 0 Å². The maximum Gasteiger partial charge on any atom is 0.379 e. The Hall–Kier alpha value is -1.68. The molecule has 1 aromatic rings. The van der Waals surface area contributed by atoms with Gasteiger partial charge in [0.05, 0.1) is 7.11 Å². The van der Waals surface area contributed by atoms with E-state index in [0.717, 1.165) is 12.0 Å². The van der Waals surface area contributed by atoms with E-state index >= 15 is 0 Å². The van der Waals surface area contributed by atoms with Gasteiger partial charge in [-0.05, 0) is 32.9 Å². The highest BCUT2D eigenvalue weighted by Gasteiger charge is 2.18. The molecule has 0 unspecified atom stereocenters. The van der Waals surface area contributed by atoms with Crippen molar-refractivity contribution in [2.75, 3.05) is 14.2 Å². The van der Waals surface area contributed by atoms with E-state index in [2.05, 4.69) is 23.9 Å². The smallest absolute Gasteiger partial charge is 0.379 e. The zero-order chi connectivity index (χ0) is 13.8. The number of rotatable bonds is 5. The maximum atomic E-state index is 11.5. The van der Waals surface area contributed by atoms with Gasteiger partial charge in [0.15, 0.2) is 0 Å². The second-order valence-electron chi connectivity index (χ2n) is 4.83. The molecule has 0 atom stereocenters. The number of benzene rings is 1. The highest BCUT2D eigenvalue weighted by molar-refractivity contribution is 6.40. The van der Waals surface area contributed by atoms with Crippen molar-refractivity contribution in [2.24, 2.45) is 0 Å². The number of carbonyl (C=O) groups excluding carboxylic acids is 2. The van der Waals surface area contributed by atoms with Crippen LogP contribution in [0, 0.1) is 0 Å². The fourth-order valence-corrected chi connectivity index (χ4v) is 1.58. The zero-order valence-corrected chi connectivity index (χ0v) is 11.2. The van der Waals surface area contributed by atoms with E-state index in [9.17, 15) is 9.59 Å². The molecule has 0 aromatic heterocycles. The molecule has 1 aromatic carbocycles. The number of nitrogens with one attached hydrogen (secondary N) is 1. The molecule has 0 fully saturated rings. The molecule has 1 N–H and O–H groups in total. The highest BCUT2D eigenvalue weighted by Crippen LogP contribution is 2.13. The quantitative estimate of drug-likeness (QED) is 0.489. The van der Waals surface area contributed by atoms with E-state index in [1.54, 1.807) is 12.1 Å². The van der Waals surface area contributed by atoms with Gasteiger partial charge in [-0.1, -0.05) is 24.3 Å². The van der Waals surface area contributed by atoms with E-state index in [1.165, 1.54) is 7.11 Å². The molecule has 0 heterocycles. The van der Waals surface area contributed by atoms with Crippen LogP contribution in [0.1, 0.15) is 29.8 Å². The lowest BCUT2D eigenvalue weighted by Gasteiger charge is -2.24. The minimum atomic E-state index is -0.835. The third kappa shape index (κ3) is 3.67. The third-order valence-electron chi connectivity index (χ3n) is 2.91. The molecule has 0 aliphatic heterocycles. The Morgan fingerprint density at radius 3 is 2.22 bits per heavy atom. The summed E-state index contributed by atoms with van der Waals surface area (Å²) in [6, 6.07) is 7.02. The highest BCUT2D eigenvalue weighted by atomic mass is 16.5. The molecular weight excluding hydrogens is 230 g/mol. The van der Waals surface area contributed by atoms with Crippen molar-refractivity contribution in [1.29, 1.82) is 0 Å². The van der Waals surface area contributed by atoms with E-state index in [4.69, 9.17) is 0 Å². The molecule has 0 spiro atoms. The van der Waals surface area contributed by atoms with Crippen LogP contribution < -0.4 is 5.32 Å². The number of likely N-dealkylation sites (N-methyl/N-ethyl adjacent to an activating group) is 1. The molecule has 4 heteroatoms. The number of esters is 1. The van der Waals surface area contributed by atoms with Gasteiger partial charge in [0.25, 0.3) is 5.78 Å². The van der Waals surface area contributed by atoms with Crippen LogP contribution in [-0.4, -0.2) is 31.4 Å². The van der Waals surface area contributed by atoms with E-state index in [1.807, 2.05) is 19.2 Å². The van der Waals surface area contributed by atoms with Crippen LogP contribution in [0.2, 0.25) is 0 Å². The van der Waals surface area contributed by atoms with Gasteiger partial charge in [-0.25, -0.2) is 4.79 Å². The summed E-state index contributed by atoms with van der Waals surface area (Å²) in [5.74, 6) is -1.45. The molecule has 0 amide bonds. The van der Waals surface area contributed by atoms with Gasteiger partial charge in [0.2, 0.25) is 0 Å². The number of ketones is 1. The Morgan fingerprint density at radius 2 is 1.78 bits per heavy atom. The first-order valence-electron chi connectivity index (χ1n) is 5.80. The summed E-state index contributed by atoms with van der Waals surface area (Å²) in [6.45, 7) is 4.20. The van der Waals surface area contributed by atoms with Crippen LogP contribution in [0.4, 0.5) is 0 Å². The Balaban J connectivity index is 2.81. The molecule has 98 valence electrons. The van der Waals surface area contributed by atoms with Crippen molar-refractivity contribution >= 4 is 11.8 Å². The molecule has 0 saturated carbocycles. The molecule has 4 nitrogen and oxygen atoms in total. The minimum absolute atomic E-state index is 0.00608. The average molecular weight is 249 g/mol.